The second-order valence-corrected chi connectivity index (χ2v) is 9.33. The maximum Gasteiger partial charge on any atom is 0.338 e. The van der Waals surface area contributed by atoms with Gasteiger partial charge in [-0.05, 0) is 56.9 Å². The van der Waals surface area contributed by atoms with E-state index in [1.54, 1.807) is 43.0 Å². The van der Waals surface area contributed by atoms with E-state index < -0.39 is 29.4 Å². The van der Waals surface area contributed by atoms with Gasteiger partial charge in [-0.2, -0.15) is 0 Å². The monoisotopic (exact) mass is 430 g/mol. The molecule has 0 aromatic heterocycles. The van der Waals surface area contributed by atoms with Crippen molar-refractivity contribution in [2.45, 2.75) is 55.0 Å². The van der Waals surface area contributed by atoms with Gasteiger partial charge in [0.25, 0.3) is 0 Å². The number of benzene rings is 2. The Kier molecular flexibility index (Phi) is 6.18. The van der Waals surface area contributed by atoms with Gasteiger partial charge in [0, 0.05) is 10.6 Å². The molecule has 2 aliphatic rings. The van der Waals surface area contributed by atoms with Crippen LogP contribution in [0.15, 0.2) is 65.6 Å². The van der Waals surface area contributed by atoms with Crippen molar-refractivity contribution >= 4 is 17.7 Å². The van der Waals surface area contributed by atoms with E-state index in [1.807, 2.05) is 31.2 Å². The van der Waals surface area contributed by atoms with Gasteiger partial charge in [-0.15, -0.1) is 11.8 Å². The molecule has 1 unspecified atom stereocenters. The van der Waals surface area contributed by atoms with Crippen LogP contribution in [0.2, 0.25) is 0 Å². The number of thioether (sulfide) groups is 1. The molecule has 1 aliphatic carbocycles. The van der Waals surface area contributed by atoms with E-state index in [9.17, 15) is 10.1 Å². The number of carbonyl (C=O) groups excluding carboxylic acids is 1. The van der Waals surface area contributed by atoms with Crippen LogP contribution in [0.1, 0.15) is 37.0 Å². The predicted molar refractivity (Wildman–Crippen MR) is 112 cm³/mol. The molecule has 1 saturated carbocycles. The molecule has 2 bridgehead atoms. The zero-order chi connectivity index (χ0) is 21.2. The number of carbonyl (C=O) groups is 1. The summed E-state index contributed by atoms with van der Waals surface area (Å²) in [7, 11) is 0. The third-order valence-corrected chi connectivity index (χ3v) is 7.54. The van der Waals surface area contributed by atoms with Gasteiger partial charge >= 0.3 is 5.97 Å². The highest BCUT2D eigenvalue weighted by Gasteiger charge is 2.59. The molecule has 1 saturated heterocycles. The maximum atomic E-state index is 12.7. The minimum absolute atomic E-state index is 0.0734. The molecule has 5 atom stereocenters. The van der Waals surface area contributed by atoms with Gasteiger partial charge in [0.05, 0.1) is 5.56 Å². The lowest BCUT2D eigenvalue weighted by molar-refractivity contribution is -0.478. The number of hydrogen-bond acceptors (Lipinski definition) is 7. The van der Waals surface area contributed by atoms with Gasteiger partial charge in [0.1, 0.15) is 17.8 Å². The van der Waals surface area contributed by atoms with E-state index >= 15 is 0 Å². The number of fused-ring (bicyclic) bond motifs is 2. The molecular weight excluding hydrogens is 404 g/mol. The van der Waals surface area contributed by atoms with Gasteiger partial charge in [-0.1, -0.05) is 36.4 Å². The van der Waals surface area contributed by atoms with E-state index in [2.05, 4.69) is 12.1 Å². The normalized spacial score (nSPS) is 33.1. The fourth-order valence-electron chi connectivity index (χ4n) is 4.10. The van der Waals surface area contributed by atoms with Crippen molar-refractivity contribution in [1.29, 1.82) is 0 Å². The topological polar surface area (TPSA) is 74.2 Å². The van der Waals surface area contributed by atoms with Gasteiger partial charge in [0.15, 0.2) is 5.60 Å². The SMILES string of the molecule is CC1(CSc2ccccc2)OO[C@H]2C[C@@H]1C[C@@H](OC(=O)c1ccccc1)[C@]2(C)OO. The van der Waals surface area contributed by atoms with Gasteiger partial charge in [0.2, 0.25) is 0 Å². The van der Waals surface area contributed by atoms with Crippen LogP contribution in [-0.2, 0) is 19.4 Å². The molecule has 0 amide bonds. The smallest absolute Gasteiger partial charge is 0.338 e. The van der Waals surface area contributed by atoms with Crippen molar-refractivity contribution in [2.24, 2.45) is 5.92 Å². The Balaban J connectivity index is 1.51. The molecular formula is C23H26O6S. The minimum Gasteiger partial charge on any atom is -0.455 e. The van der Waals surface area contributed by atoms with Crippen molar-refractivity contribution in [3.8, 4) is 0 Å². The molecule has 0 radical (unpaired) electrons. The molecule has 2 aromatic carbocycles. The van der Waals surface area contributed by atoms with Crippen LogP contribution in [0, 0.1) is 5.92 Å². The molecule has 2 fully saturated rings. The summed E-state index contributed by atoms with van der Waals surface area (Å²) >= 11 is 1.69. The van der Waals surface area contributed by atoms with Crippen LogP contribution in [0.3, 0.4) is 0 Å². The molecule has 6 nitrogen and oxygen atoms in total. The summed E-state index contributed by atoms with van der Waals surface area (Å²) in [5.41, 5.74) is -1.33. The summed E-state index contributed by atoms with van der Waals surface area (Å²) in [5.74, 6) is 0.305. The zero-order valence-corrected chi connectivity index (χ0v) is 17.8. The quantitative estimate of drug-likeness (QED) is 0.307. The van der Waals surface area contributed by atoms with Crippen molar-refractivity contribution in [2.75, 3.05) is 5.75 Å². The molecule has 1 heterocycles. The first-order valence-corrected chi connectivity index (χ1v) is 11.0. The van der Waals surface area contributed by atoms with E-state index in [0.29, 0.717) is 24.2 Å². The fraction of sp³-hybridized carbons (Fsp3) is 0.435. The third kappa shape index (κ3) is 4.13. The molecule has 7 heteroatoms. The summed E-state index contributed by atoms with van der Waals surface area (Å²) in [5, 5.41) is 9.67. The van der Waals surface area contributed by atoms with E-state index in [0.717, 1.165) is 4.90 Å². The van der Waals surface area contributed by atoms with E-state index in [1.165, 1.54) is 0 Å². The summed E-state index contributed by atoms with van der Waals surface area (Å²) < 4.78 is 5.81. The first-order chi connectivity index (χ1) is 14.4. The third-order valence-electron chi connectivity index (χ3n) is 6.22. The van der Waals surface area contributed by atoms with E-state index in [4.69, 9.17) is 19.4 Å². The highest BCUT2D eigenvalue weighted by atomic mass is 32.2. The lowest BCUT2D eigenvalue weighted by Crippen LogP contribution is -2.65. The first-order valence-electron chi connectivity index (χ1n) is 10.1. The number of esters is 1. The zero-order valence-electron chi connectivity index (χ0n) is 17.0. The second kappa shape index (κ2) is 8.69. The van der Waals surface area contributed by atoms with Crippen LogP contribution in [-0.4, -0.2) is 40.4 Å². The van der Waals surface area contributed by atoms with Crippen molar-refractivity contribution in [3.63, 3.8) is 0 Å². The largest absolute Gasteiger partial charge is 0.455 e. The lowest BCUT2D eigenvalue weighted by atomic mass is 9.69. The average molecular weight is 431 g/mol. The highest BCUT2D eigenvalue weighted by Crippen LogP contribution is 2.49. The second-order valence-electron chi connectivity index (χ2n) is 8.29. The lowest BCUT2D eigenvalue weighted by Gasteiger charge is -2.53. The molecule has 160 valence electrons. The Hall–Kier alpha value is -1.90. The molecule has 4 rings (SSSR count). The summed E-state index contributed by atoms with van der Waals surface area (Å²) in [6.07, 6.45) is -0.0857. The summed E-state index contributed by atoms with van der Waals surface area (Å²) in [6, 6.07) is 18.9. The first kappa shape index (κ1) is 21.3. The summed E-state index contributed by atoms with van der Waals surface area (Å²) in [6.45, 7) is 3.70. The van der Waals surface area contributed by atoms with Crippen LogP contribution in [0.5, 0.6) is 0 Å². The highest BCUT2D eigenvalue weighted by molar-refractivity contribution is 7.99. The maximum absolute atomic E-state index is 12.7. The van der Waals surface area contributed by atoms with Crippen molar-refractivity contribution < 1.29 is 29.5 Å². The molecule has 1 N–H and O–H groups in total. The van der Waals surface area contributed by atoms with Gasteiger partial charge in [-0.3, -0.25) is 5.26 Å². The Morgan fingerprint density at radius 3 is 2.43 bits per heavy atom. The Morgan fingerprint density at radius 2 is 1.77 bits per heavy atom. The number of hydrogen-bond donors (Lipinski definition) is 1. The van der Waals surface area contributed by atoms with Crippen LogP contribution < -0.4 is 0 Å². The Morgan fingerprint density at radius 1 is 1.10 bits per heavy atom. The van der Waals surface area contributed by atoms with E-state index in [-0.39, 0.29) is 5.92 Å². The molecule has 1 aliphatic heterocycles. The van der Waals surface area contributed by atoms with Crippen molar-refractivity contribution in [1.82, 2.24) is 0 Å². The van der Waals surface area contributed by atoms with Crippen LogP contribution >= 0.6 is 11.8 Å². The Labute approximate surface area is 180 Å². The van der Waals surface area contributed by atoms with Gasteiger partial charge in [-0.25, -0.2) is 19.5 Å². The predicted octanol–water partition coefficient (Wildman–Crippen LogP) is 4.75. The standard InChI is InChI=1S/C23H26O6S/c1-22(15-30-18-11-7-4-8-12-18)17-13-19(23(2,28-25)20(14-17)27-29-22)26-21(24)16-9-5-3-6-10-16/h3-12,17,19-20,25H,13-15H2,1-2H3/t17-,19+,20-,22?,23-/m0/s1. The summed E-state index contributed by atoms with van der Waals surface area (Å²) in [4.78, 5) is 30.2. The Bertz CT molecular complexity index is 863. The number of ether oxygens (including phenoxy) is 1. The van der Waals surface area contributed by atoms with Crippen LogP contribution in [0.4, 0.5) is 0 Å². The molecule has 2 aromatic rings. The minimum atomic E-state index is -1.21. The molecule has 30 heavy (non-hydrogen) atoms. The fourth-order valence-corrected chi connectivity index (χ4v) is 5.18. The number of rotatable bonds is 6. The molecule has 0 spiro atoms. The van der Waals surface area contributed by atoms with Gasteiger partial charge < -0.3 is 4.74 Å². The van der Waals surface area contributed by atoms with Crippen LogP contribution in [0.25, 0.3) is 0 Å². The average Bonchev–Trinajstić information content (AvgIpc) is 2.79. The van der Waals surface area contributed by atoms with Crippen molar-refractivity contribution in [3.05, 3.63) is 66.2 Å².